The van der Waals surface area contributed by atoms with Crippen molar-refractivity contribution in [1.29, 1.82) is 0 Å². The van der Waals surface area contributed by atoms with Gasteiger partial charge >= 0.3 is 5.97 Å². The summed E-state index contributed by atoms with van der Waals surface area (Å²) in [6.07, 6.45) is 8.32. The van der Waals surface area contributed by atoms with Gasteiger partial charge in [-0.15, -0.1) is 0 Å². The van der Waals surface area contributed by atoms with E-state index in [1.165, 1.54) is 23.6 Å². The van der Waals surface area contributed by atoms with Crippen molar-refractivity contribution in [2.75, 3.05) is 6.54 Å². The van der Waals surface area contributed by atoms with Crippen LogP contribution in [0, 0.1) is 0 Å². The maximum absolute atomic E-state index is 11.0. The Bertz CT molecular complexity index is 714. The predicted molar refractivity (Wildman–Crippen MR) is 106 cm³/mol. The summed E-state index contributed by atoms with van der Waals surface area (Å²) in [5.74, 6) is -0.479. The fourth-order valence-electron chi connectivity index (χ4n) is 3.21. The van der Waals surface area contributed by atoms with Crippen LogP contribution in [0.15, 0.2) is 48.8 Å². The molecule has 1 heterocycles. The lowest BCUT2D eigenvalue weighted by Gasteiger charge is -2.18. The molecule has 1 atom stereocenters. The van der Waals surface area contributed by atoms with E-state index in [0.717, 1.165) is 32.1 Å². The summed E-state index contributed by atoms with van der Waals surface area (Å²) in [6.45, 7) is 2.17. The van der Waals surface area contributed by atoms with Crippen molar-refractivity contribution in [3.05, 3.63) is 65.5 Å². The number of aliphatic carboxylic acids is 1. The number of carbonyl (C=O) groups is 2. The van der Waals surface area contributed by atoms with E-state index in [2.05, 4.69) is 40.6 Å². The Balaban J connectivity index is 2.00. The fourth-order valence-corrected chi connectivity index (χ4v) is 3.21. The SMILES string of the molecule is CC(=O)NCCc1ccc(C(CCCCCC(=O)O)c2cccnc2)cc1. The van der Waals surface area contributed by atoms with Gasteiger partial charge in [0.1, 0.15) is 0 Å². The minimum atomic E-state index is -0.728. The number of rotatable bonds is 11. The second-order valence-corrected chi connectivity index (χ2v) is 6.81. The third-order valence-electron chi connectivity index (χ3n) is 4.64. The van der Waals surface area contributed by atoms with E-state index in [9.17, 15) is 9.59 Å². The molecular formula is C22H28N2O3. The summed E-state index contributed by atoms with van der Waals surface area (Å²) in [5.41, 5.74) is 3.62. The summed E-state index contributed by atoms with van der Waals surface area (Å²) < 4.78 is 0. The molecule has 5 nitrogen and oxygen atoms in total. The standard InChI is InChI=1S/C22H28N2O3/c1-17(25)24-15-13-18-9-11-19(12-10-18)21(20-6-5-14-23-16-20)7-3-2-4-8-22(26)27/h5-6,9-12,14,16,21H,2-4,7-8,13,15H2,1H3,(H,24,25)(H,26,27). The number of pyridine rings is 1. The molecule has 27 heavy (non-hydrogen) atoms. The first kappa shape index (κ1) is 20.6. The summed E-state index contributed by atoms with van der Waals surface area (Å²) in [4.78, 5) is 25.9. The lowest BCUT2D eigenvalue weighted by Crippen LogP contribution is -2.22. The van der Waals surface area contributed by atoms with Crippen LogP contribution < -0.4 is 5.32 Å². The predicted octanol–water partition coefficient (Wildman–Crippen LogP) is 3.93. The molecular weight excluding hydrogens is 340 g/mol. The van der Waals surface area contributed by atoms with Crippen molar-refractivity contribution < 1.29 is 14.7 Å². The highest BCUT2D eigenvalue weighted by Crippen LogP contribution is 2.30. The molecule has 0 saturated heterocycles. The Kier molecular flexibility index (Phi) is 8.49. The molecule has 1 aromatic carbocycles. The largest absolute Gasteiger partial charge is 0.481 e. The fraction of sp³-hybridized carbons (Fsp3) is 0.409. The van der Waals surface area contributed by atoms with Crippen LogP contribution >= 0.6 is 0 Å². The first-order chi connectivity index (χ1) is 13.1. The molecule has 0 fully saturated rings. The molecule has 0 aliphatic rings. The quantitative estimate of drug-likeness (QED) is 0.589. The molecule has 2 aromatic rings. The number of carbonyl (C=O) groups excluding carboxylic acids is 1. The van der Waals surface area contributed by atoms with E-state index >= 15 is 0 Å². The van der Waals surface area contributed by atoms with E-state index in [1.54, 1.807) is 6.20 Å². The Morgan fingerprint density at radius 2 is 1.85 bits per heavy atom. The van der Waals surface area contributed by atoms with Gasteiger partial charge in [0.2, 0.25) is 5.91 Å². The van der Waals surface area contributed by atoms with E-state index in [4.69, 9.17) is 5.11 Å². The van der Waals surface area contributed by atoms with Gasteiger partial charge in [-0.05, 0) is 42.0 Å². The molecule has 144 valence electrons. The van der Waals surface area contributed by atoms with Crippen molar-refractivity contribution in [2.24, 2.45) is 0 Å². The first-order valence-corrected chi connectivity index (χ1v) is 9.51. The van der Waals surface area contributed by atoms with E-state index in [0.29, 0.717) is 6.54 Å². The van der Waals surface area contributed by atoms with Crippen molar-refractivity contribution in [3.8, 4) is 0 Å². The normalized spacial score (nSPS) is 11.7. The van der Waals surface area contributed by atoms with Crippen LogP contribution in [0.5, 0.6) is 0 Å². The summed E-state index contributed by atoms with van der Waals surface area (Å²) in [7, 11) is 0. The zero-order chi connectivity index (χ0) is 19.5. The minimum absolute atomic E-state index is 0.00819. The van der Waals surface area contributed by atoms with E-state index in [-0.39, 0.29) is 18.2 Å². The molecule has 0 aliphatic heterocycles. The Labute approximate surface area is 160 Å². The van der Waals surface area contributed by atoms with Crippen LogP contribution in [-0.2, 0) is 16.0 Å². The Morgan fingerprint density at radius 1 is 1.07 bits per heavy atom. The lowest BCUT2D eigenvalue weighted by molar-refractivity contribution is -0.137. The molecule has 0 radical (unpaired) electrons. The van der Waals surface area contributed by atoms with E-state index < -0.39 is 5.97 Å². The highest BCUT2D eigenvalue weighted by Gasteiger charge is 2.14. The average Bonchev–Trinajstić information content (AvgIpc) is 2.66. The van der Waals surface area contributed by atoms with Gasteiger partial charge in [0.25, 0.3) is 0 Å². The monoisotopic (exact) mass is 368 g/mol. The van der Waals surface area contributed by atoms with Crippen LogP contribution in [0.1, 0.15) is 61.6 Å². The van der Waals surface area contributed by atoms with Gasteiger partial charge < -0.3 is 10.4 Å². The van der Waals surface area contributed by atoms with Crippen LogP contribution in [0.2, 0.25) is 0 Å². The molecule has 0 aliphatic carbocycles. The molecule has 1 aromatic heterocycles. The number of hydrogen-bond donors (Lipinski definition) is 2. The summed E-state index contributed by atoms with van der Waals surface area (Å²) in [5, 5.41) is 11.6. The van der Waals surface area contributed by atoms with Crippen LogP contribution in [0.4, 0.5) is 0 Å². The smallest absolute Gasteiger partial charge is 0.303 e. The first-order valence-electron chi connectivity index (χ1n) is 9.51. The molecule has 0 saturated carbocycles. The molecule has 1 amide bonds. The van der Waals surface area contributed by atoms with Gasteiger partial charge in [-0.2, -0.15) is 0 Å². The van der Waals surface area contributed by atoms with Gasteiger partial charge in [-0.1, -0.05) is 43.2 Å². The molecule has 2 N–H and O–H groups in total. The van der Waals surface area contributed by atoms with Gasteiger partial charge in [0.15, 0.2) is 0 Å². The topological polar surface area (TPSA) is 79.3 Å². The van der Waals surface area contributed by atoms with Crippen LogP contribution in [-0.4, -0.2) is 28.5 Å². The summed E-state index contributed by atoms with van der Waals surface area (Å²) in [6, 6.07) is 12.6. The number of amides is 1. The molecule has 0 bridgehead atoms. The van der Waals surface area contributed by atoms with Crippen molar-refractivity contribution in [3.63, 3.8) is 0 Å². The number of hydrogen-bond acceptors (Lipinski definition) is 3. The number of unbranched alkanes of at least 4 members (excludes halogenated alkanes) is 2. The summed E-state index contributed by atoms with van der Waals surface area (Å²) >= 11 is 0. The van der Waals surface area contributed by atoms with Gasteiger partial charge in [-0.3, -0.25) is 14.6 Å². The third-order valence-corrected chi connectivity index (χ3v) is 4.64. The number of nitrogens with one attached hydrogen (secondary N) is 1. The number of carboxylic acid groups (broad SMARTS) is 1. The number of benzene rings is 1. The zero-order valence-corrected chi connectivity index (χ0v) is 15.9. The Hall–Kier alpha value is -2.69. The third kappa shape index (κ3) is 7.60. The van der Waals surface area contributed by atoms with Crippen LogP contribution in [0.3, 0.4) is 0 Å². The van der Waals surface area contributed by atoms with Crippen molar-refractivity contribution in [2.45, 2.75) is 51.4 Å². The molecule has 5 heteroatoms. The average molecular weight is 368 g/mol. The maximum atomic E-state index is 11.0. The van der Waals surface area contributed by atoms with Gasteiger partial charge in [0, 0.05) is 38.2 Å². The van der Waals surface area contributed by atoms with Crippen molar-refractivity contribution in [1.82, 2.24) is 10.3 Å². The maximum Gasteiger partial charge on any atom is 0.303 e. The van der Waals surface area contributed by atoms with Gasteiger partial charge in [-0.25, -0.2) is 0 Å². The zero-order valence-electron chi connectivity index (χ0n) is 15.9. The van der Waals surface area contributed by atoms with E-state index in [1.807, 2.05) is 12.3 Å². The minimum Gasteiger partial charge on any atom is -0.481 e. The Morgan fingerprint density at radius 3 is 2.48 bits per heavy atom. The number of carboxylic acids is 1. The highest BCUT2D eigenvalue weighted by molar-refractivity contribution is 5.72. The molecule has 0 spiro atoms. The molecule has 2 rings (SSSR count). The second kappa shape index (κ2) is 11.1. The number of nitrogens with zero attached hydrogens (tertiary/aromatic N) is 1. The highest BCUT2D eigenvalue weighted by atomic mass is 16.4. The van der Waals surface area contributed by atoms with Gasteiger partial charge in [0.05, 0.1) is 0 Å². The number of aromatic nitrogens is 1. The second-order valence-electron chi connectivity index (χ2n) is 6.81. The van der Waals surface area contributed by atoms with Crippen molar-refractivity contribution >= 4 is 11.9 Å². The lowest BCUT2D eigenvalue weighted by atomic mass is 9.87. The van der Waals surface area contributed by atoms with Crippen LogP contribution in [0.25, 0.3) is 0 Å². The molecule has 1 unspecified atom stereocenters.